The number of aromatic nitrogens is 2. The number of fused-ring (bicyclic) bond motifs is 3. The average Bonchev–Trinajstić information content (AvgIpc) is 3.00. The highest BCUT2D eigenvalue weighted by atomic mass is 16.5. The Morgan fingerprint density at radius 2 is 2.00 bits per heavy atom. The molecule has 3 aromatic rings. The second-order valence-corrected chi connectivity index (χ2v) is 7.40. The molecule has 0 bridgehead atoms. The molecule has 0 saturated carbocycles. The van der Waals surface area contributed by atoms with E-state index in [0.717, 1.165) is 54.2 Å². The molecule has 0 aliphatic carbocycles. The monoisotopic (exact) mass is 363 g/mol. The van der Waals surface area contributed by atoms with Crippen molar-refractivity contribution in [1.29, 1.82) is 5.26 Å². The first kappa shape index (κ1) is 17.8. The number of hydrogen-bond acceptors (Lipinski definition) is 5. The number of nitriles is 1. The third-order valence-electron chi connectivity index (χ3n) is 5.11. The van der Waals surface area contributed by atoms with Gasteiger partial charge in [-0.1, -0.05) is 12.1 Å². The van der Waals surface area contributed by atoms with Crippen molar-refractivity contribution in [2.24, 2.45) is 0 Å². The summed E-state index contributed by atoms with van der Waals surface area (Å²) in [6, 6.07) is 12.4. The third kappa shape index (κ3) is 3.36. The molecule has 6 nitrogen and oxygen atoms in total. The van der Waals surface area contributed by atoms with Crippen molar-refractivity contribution in [3.63, 3.8) is 0 Å². The number of aryl methyl sites for hydroxylation is 1. The van der Waals surface area contributed by atoms with Gasteiger partial charge in [-0.25, -0.2) is 4.98 Å². The summed E-state index contributed by atoms with van der Waals surface area (Å²) in [7, 11) is 0. The molecule has 1 fully saturated rings. The summed E-state index contributed by atoms with van der Waals surface area (Å²) < 4.78 is 7.87. The van der Waals surface area contributed by atoms with Crippen LogP contribution in [0.5, 0.6) is 0 Å². The number of imidazole rings is 1. The first-order valence-corrected chi connectivity index (χ1v) is 9.49. The van der Waals surface area contributed by atoms with Crippen LogP contribution in [0.15, 0.2) is 30.3 Å². The average molecular weight is 363 g/mol. The van der Waals surface area contributed by atoms with Gasteiger partial charge in [-0.05, 0) is 44.5 Å². The molecule has 1 aliphatic heterocycles. The zero-order valence-electron chi connectivity index (χ0n) is 16.1. The van der Waals surface area contributed by atoms with Gasteiger partial charge in [0.25, 0.3) is 0 Å². The predicted octanol–water partition coefficient (Wildman–Crippen LogP) is 3.19. The summed E-state index contributed by atoms with van der Waals surface area (Å²) in [4.78, 5) is 7.13. The molecular weight excluding hydrogens is 338 g/mol. The molecule has 3 heterocycles. The number of para-hydroxylation sites is 2. The molecular formula is C21H25N5O. The van der Waals surface area contributed by atoms with E-state index < -0.39 is 0 Å². The van der Waals surface area contributed by atoms with Crippen molar-refractivity contribution in [2.45, 2.75) is 33.0 Å². The van der Waals surface area contributed by atoms with Crippen molar-refractivity contribution in [1.82, 2.24) is 14.3 Å². The van der Waals surface area contributed by atoms with Crippen LogP contribution >= 0.6 is 0 Å². The molecule has 27 heavy (non-hydrogen) atoms. The first-order valence-electron chi connectivity index (χ1n) is 9.49. The highest BCUT2D eigenvalue weighted by Crippen LogP contribution is 2.26. The number of nitrogens with one attached hydrogen (secondary N) is 1. The summed E-state index contributed by atoms with van der Waals surface area (Å²) in [6.07, 6.45) is 0.547. The number of pyridine rings is 1. The standard InChI is InChI=1S/C21H25N5O/c1-14-10-20(23-8-9-25-12-15(2)27-16(3)13-25)26-19-7-5-4-6-18(19)24-21(26)17(14)11-22/h4-7,10,15-16,23H,8-9,12-13H2,1-3H3/t15-,16-/m0/s1. The molecule has 2 aromatic heterocycles. The zero-order chi connectivity index (χ0) is 19.0. The summed E-state index contributed by atoms with van der Waals surface area (Å²) in [5, 5.41) is 13.2. The van der Waals surface area contributed by atoms with Gasteiger partial charge in [0.1, 0.15) is 11.9 Å². The minimum atomic E-state index is 0.273. The molecule has 1 aromatic carbocycles. The quantitative estimate of drug-likeness (QED) is 0.771. The minimum Gasteiger partial charge on any atom is -0.373 e. The van der Waals surface area contributed by atoms with Gasteiger partial charge in [0, 0.05) is 26.2 Å². The van der Waals surface area contributed by atoms with Crippen molar-refractivity contribution in [3.8, 4) is 6.07 Å². The lowest BCUT2D eigenvalue weighted by molar-refractivity contribution is -0.0667. The predicted molar refractivity (Wildman–Crippen MR) is 107 cm³/mol. The number of ether oxygens (including phenoxy) is 1. The van der Waals surface area contributed by atoms with E-state index in [-0.39, 0.29) is 12.2 Å². The maximum atomic E-state index is 9.59. The summed E-state index contributed by atoms with van der Waals surface area (Å²) in [6.45, 7) is 9.91. The first-order chi connectivity index (χ1) is 13.1. The molecule has 0 unspecified atom stereocenters. The Bertz CT molecular complexity index is 1010. The molecule has 0 amide bonds. The van der Waals surface area contributed by atoms with Gasteiger partial charge in [0.15, 0.2) is 5.65 Å². The highest BCUT2D eigenvalue weighted by Gasteiger charge is 2.21. The van der Waals surface area contributed by atoms with E-state index in [1.54, 1.807) is 0 Å². The number of hydrogen-bond donors (Lipinski definition) is 1. The van der Waals surface area contributed by atoms with Crippen LogP contribution in [0.2, 0.25) is 0 Å². The Hall–Kier alpha value is -2.62. The lowest BCUT2D eigenvalue weighted by atomic mass is 10.1. The Balaban J connectivity index is 1.63. The summed E-state index contributed by atoms with van der Waals surface area (Å²) >= 11 is 0. The summed E-state index contributed by atoms with van der Waals surface area (Å²) in [5.74, 6) is 0.976. The van der Waals surface area contributed by atoms with E-state index in [9.17, 15) is 5.26 Å². The normalized spacial score (nSPS) is 20.8. The van der Waals surface area contributed by atoms with E-state index in [0.29, 0.717) is 5.56 Å². The smallest absolute Gasteiger partial charge is 0.157 e. The van der Waals surface area contributed by atoms with Gasteiger partial charge in [-0.2, -0.15) is 5.26 Å². The molecule has 0 spiro atoms. The highest BCUT2D eigenvalue weighted by molar-refractivity contribution is 5.85. The van der Waals surface area contributed by atoms with Crippen molar-refractivity contribution >= 4 is 22.5 Å². The number of benzene rings is 1. The third-order valence-corrected chi connectivity index (χ3v) is 5.11. The van der Waals surface area contributed by atoms with Crippen molar-refractivity contribution in [3.05, 3.63) is 41.5 Å². The Morgan fingerprint density at radius 1 is 1.26 bits per heavy atom. The van der Waals surface area contributed by atoms with E-state index in [1.807, 2.05) is 37.3 Å². The molecule has 140 valence electrons. The number of morpholine rings is 1. The van der Waals surface area contributed by atoms with Gasteiger partial charge in [-0.3, -0.25) is 9.30 Å². The molecule has 0 radical (unpaired) electrons. The van der Waals surface area contributed by atoms with E-state index in [1.165, 1.54) is 0 Å². The number of rotatable bonds is 4. The fourth-order valence-electron chi connectivity index (χ4n) is 4.03. The maximum Gasteiger partial charge on any atom is 0.157 e. The van der Waals surface area contributed by atoms with Crippen LogP contribution in [0.3, 0.4) is 0 Å². The van der Waals surface area contributed by atoms with Crippen LogP contribution in [-0.2, 0) is 4.74 Å². The van der Waals surface area contributed by atoms with Gasteiger partial charge in [0.05, 0.1) is 28.8 Å². The fourth-order valence-corrected chi connectivity index (χ4v) is 4.03. The number of nitrogens with zero attached hydrogens (tertiary/aromatic N) is 4. The Labute approximate surface area is 159 Å². The molecule has 1 saturated heterocycles. The fraction of sp³-hybridized carbons (Fsp3) is 0.429. The van der Waals surface area contributed by atoms with Crippen LogP contribution in [0.25, 0.3) is 16.7 Å². The van der Waals surface area contributed by atoms with Gasteiger partial charge >= 0.3 is 0 Å². The van der Waals surface area contributed by atoms with E-state index >= 15 is 0 Å². The largest absolute Gasteiger partial charge is 0.373 e. The van der Waals surface area contributed by atoms with E-state index in [4.69, 9.17) is 9.72 Å². The molecule has 1 N–H and O–H groups in total. The second kappa shape index (κ2) is 7.18. The van der Waals surface area contributed by atoms with Crippen molar-refractivity contribution < 1.29 is 4.74 Å². The van der Waals surface area contributed by atoms with Gasteiger partial charge in [0.2, 0.25) is 0 Å². The molecule has 4 rings (SSSR count). The second-order valence-electron chi connectivity index (χ2n) is 7.40. The zero-order valence-corrected chi connectivity index (χ0v) is 16.1. The summed E-state index contributed by atoms with van der Waals surface area (Å²) in [5.41, 5.74) is 4.21. The van der Waals surface area contributed by atoms with Crippen LogP contribution in [0.4, 0.5) is 5.82 Å². The molecule has 6 heteroatoms. The lowest BCUT2D eigenvalue weighted by Crippen LogP contribution is -2.46. The van der Waals surface area contributed by atoms with Crippen LogP contribution in [0.1, 0.15) is 25.0 Å². The van der Waals surface area contributed by atoms with Crippen molar-refractivity contribution in [2.75, 3.05) is 31.5 Å². The van der Waals surface area contributed by atoms with Crippen LogP contribution < -0.4 is 5.32 Å². The maximum absolute atomic E-state index is 9.59. The van der Waals surface area contributed by atoms with Gasteiger partial charge < -0.3 is 10.1 Å². The van der Waals surface area contributed by atoms with E-state index in [2.05, 4.69) is 34.5 Å². The minimum absolute atomic E-state index is 0.273. The van der Waals surface area contributed by atoms with Crippen LogP contribution in [0, 0.1) is 18.3 Å². The number of anilines is 1. The lowest BCUT2D eigenvalue weighted by Gasteiger charge is -2.35. The Morgan fingerprint density at radius 3 is 2.74 bits per heavy atom. The SMILES string of the molecule is Cc1cc(NCCN2C[C@H](C)O[C@@H](C)C2)n2c(nc3ccccc32)c1C#N. The van der Waals surface area contributed by atoms with Crippen LogP contribution in [-0.4, -0.2) is 52.7 Å². The Kier molecular flexibility index (Phi) is 4.73. The molecule has 2 atom stereocenters. The topological polar surface area (TPSA) is 65.6 Å². The van der Waals surface area contributed by atoms with Gasteiger partial charge in [-0.15, -0.1) is 0 Å². The molecule has 1 aliphatic rings.